The minimum absolute atomic E-state index is 0. The van der Waals surface area contributed by atoms with Crippen molar-refractivity contribution in [2.75, 3.05) is 0 Å². The van der Waals surface area contributed by atoms with Gasteiger partial charge in [0.05, 0.1) is 4.88 Å². The van der Waals surface area contributed by atoms with E-state index in [2.05, 4.69) is 89.2 Å². The molecule has 0 aliphatic carbocycles. The van der Waals surface area contributed by atoms with Crippen LogP contribution in [0.5, 0.6) is 0 Å². The zero-order valence-electron chi connectivity index (χ0n) is 32.7. The zero-order chi connectivity index (χ0) is 37.3. The molecule has 0 fully saturated rings. The molecule has 0 bridgehead atoms. The Bertz CT molecular complexity index is 2220. The maximum atomic E-state index is 12.2. The van der Waals surface area contributed by atoms with E-state index in [-0.39, 0.29) is 47.9 Å². The number of ketones is 1. The third-order valence-electron chi connectivity index (χ3n) is 11.3. The monoisotopic (exact) mass is 893 g/mol. The molecule has 3 aromatic heterocycles. The summed E-state index contributed by atoms with van der Waals surface area (Å²) in [6.07, 6.45) is 6.67. The molecule has 0 atom stereocenters. The number of fused-ring (bicyclic) bond motifs is 3. The first-order valence-corrected chi connectivity index (χ1v) is 19.2. The van der Waals surface area contributed by atoms with Crippen LogP contribution < -0.4 is 0 Å². The number of thiophene rings is 1. The fraction of sp³-hybridized carbons (Fsp3) is 0.391. The van der Waals surface area contributed by atoms with E-state index in [1.807, 2.05) is 59.9 Å². The summed E-state index contributed by atoms with van der Waals surface area (Å²) in [5.41, 5.74) is 6.09. The van der Waals surface area contributed by atoms with Crippen molar-refractivity contribution in [3.63, 3.8) is 0 Å². The molecule has 1 N–H and O–H groups in total. The summed E-state index contributed by atoms with van der Waals surface area (Å²) in [7, 11) is 0. The van der Waals surface area contributed by atoms with Crippen LogP contribution in [0.4, 0.5) is 0 Å². The fourth-order valence-corrected chi connectivity index (χ4v) is 7.91. The van der Waals surface area contributed by atoms with Gasteiger partial charge in [0.2, 0.25) is 0 Å². The number of hydrogen-bond donors (Lipinski definition) is 1. The van der Waals surface area contributed by atoms with Gasteiger partial charge in [0.25, 0.3) is 0 Å². The van der Waals surface area contributed by atoms with Gasteiger partial charge in [0.1, 0.15) is 17.1 Å². The molecule has 6 rings (SSSR count). The first-order chi connectivity index (χ1) is 24.1. The van der Waals surface area contributed by atoms with Gasteiger partial charge in [0, 0.05) is 64.6 Å². The van der Waals surface area contributed by atoms with Crippen molar-refractivity contribution in [1.29, 1.82) is 0 Å². The summed E-state index contributed by atoms with van der Waals surface area (Å²) in [6, 6.07) is 24.9. The molecule has 4 nitrogen and oxygen atoms in total. The summed E-state index contributed by atoms with van der Waals surface area (Å²) in [6.45, 7) is 23.2. The van der Waals surface area contributed by atoms with E-state index < -0.39 is 0 Å². The number of carbonyl (C=O) groups is 1. The average molecular weight is 893 g/mol. The molecule has 6 aromatic rings. The summed E-state index contributed by atoms with van der Waals surface area (Å²) in [5.74, 6) is 1.25. The van der Waals surface area contributed by atoms with Crippen molar-refractivity contribution in [1.82, 2.24) is 4.98 Å². The molecule has 6 heteroatoms. The average Bonchev–Trinajstić information content (AvgIpc) is 3.65. The fourth-order valence-electron chi connectivity index (χ4n) is 6.66. The van der Waals surface area contributed by atoms with Crippen LogP contribution >= 0.6 is 11.3 Å². The number of rotatable bonds is 9. The van der Waals surface area contributed by atoms with Crippen LogP contribution in [0.15, 0.2) is 83.1 Å². The van der Waals surface area contributed by atoms with Gasteiger partial charge >= 0.3 is 0 Å². The molecule has 3 heterocycles. The molecular formula is C46H54IrNO3S-. The van der Waals surface area contributed by atoms with E-state index in [1.165, 1.54) is 48.5 Å². The maximum absolute atomic E-state index is 12.2. The first kappa shape index (κ1) is 41.2. The number of nitrogens with zero attached hydrogens (tertiary/aromatic N) is 1. The number of carbonyl (C=O) groups excluding carboxylic acids is 1. The molecule has 0 saturated carbocycles. The van der Waals surface area contributed by atoms with Crippen LogP contribution in [0.2, 0.25) is 0 Å². The Balaban J connectivity index is 0.000000289. The van der Waals surface area contributed by atoms with Crippen LogP contribution in [0.25, 0.3) is 53.7 Å². The molecular weight excluding hydrogens is 839 g/mol. The number of pyridine rings is 1. The molecule has 0 aliphatic heterocycles. The van der Waals surface area contributed by atoms with Gasteiger partial charge in [-0.3, -0.25) is 9.78 Å². The van der Waals surface area contributed by atoms with Crippen molar-refractivity contribution in [2.24, 2.45) is 10.8 Å². The summed E-state index contributed by atoms with van der Waals surface area (Å²) in [5, 5.41) is 14.9. The van der Waals surface area contributed by atoms with E-state index in [0.717, 1.165) is 53.7 Å². The largest absolute Gasteiger partial charge is 0.512 e. The molecule has 52 heavy (non-hydrogen) atoms. The van der Waals surface area contributed by atoms with E-state index >= 15 is 0 Å². The van der Waals surface area contributed by atoms with Crippen LogP contribution in [0.3, 0.4) is 0 Å². The summed E-state index contributed by atoms with van der Waals surface area (Å²) in [4.78, 5) is 18.2. The number of aromatic nitrogens is 1. The van der Waals surface area contributed by atoms with Crippen molar-refractivity contribution < 1.29 is 34.4 Å². The number of para-hydroxylation sites is 1. The minimum atomic E-state index is -0.337. The van der Waals surface area contributed by atoms with Crippen molar-refractivity contribution in [3.8, 4) is 21.9 Å². The zero-order valence-corrected chi connectivity index (χ0v) is 35.9. The Morgan fingerprint density at radius 1 is 0.846 bits per heavy atom. The van der Waals surface area contributed by atoms with Crippen molar-refractivity contribution in [3.05, 3.63) is 101 Å². The Labute approximate surface area is 328 Å². The van der Waals surface area contributed by atoms with Crippen LogP contribution in [0.1, 0.15) is 105 Å². The van der Waals surface area contributed by atoms with E-state index in [0.29, 0.717) is 0 Å². The predicted molar refractivity (Wildman–Crippen MR) is 218 cm³/mol. The van der Waals surface area contributed by atoms with Crippen molar-refractivity contribution >= 4 is 48.9 Å². The second-order valence-corrected chi connectivity index (χ2v) is 16.5. The van der Waals surface area contributed by atoms with Gasteiger partial charge in [-0.25, -0.2) is 0 Å². The van der Waals surface area contributed by atoms with Crippen LogP contribution in [-0.4, -0.2) is 15.9 Å². The maximum Gasteiger partial charge on any atom is 0.164 e. The number of hydrogen-bond acceptors (Lipinski definition) is 5. The smallest absolute Gasteiger partial charge is 0.164 e. The second kappa shape index (κ2) is 16.2. The Kier molecular flexibility index (Phi) is 12.8. The molecule has 0 unspecified atom stereocenters. The molecule has 277 valence electrons. The third kappa shape index (κ3) is 7.86. The van der Waals surface area contributed by atoms with E-state index in [4.69, 9.17) is 9.40 Å². The Morgan fingerprint density at radius 2 is 1.44 bits per heavy atom. The molecule has 0 spiro atoms. The van der Waals surface area contributed by atoms with Crippen LogP contribution in [0, 0.1) is 30.7 Å². The van der Waals surface area contributed by atoms with Gasteiger partial charge in [-0.15, -0.1) is 40.5 Å². The molecule has 0 saturated heterocycles. The molecule has 3 aromatic carbocycles. The van der Waals surface area contributed by atoms with Gasteiger partial charge in [-0.2, -0.15) is 0 Å². The van der Waals surface area contributed by atoms with Gasteiger partial charge in [-0.05, 0) is 68.0 Å². The van der Waals surface area contributed by atoms with Crippen molar-refractivity contribution in [2.45, 2.75) is 107 Å². The number of aliphatic hydroxyl groups excluding tert-OH is 1. The third-order valence-corrected chi connectivity index (χ3v) is 12.6. The summed E-state index contributed by atoms with van der Waals surface area (Å²) < 4.78 is 7.56. The number of aryl methyl sites for hydroxylation is 2. The topological polar surface area (TPSA) is 63.3 Å². The Morgan fingerprint density at radius 3 is 2.04 bits per heavy atom. The van der Waals surface area contributed by atoms with E-state index in [9.17, 15) is 9.90 Å². The first-order valence-electron chi connectivity index (χ1n) is 18.4. The predicted octanol–water partition coefficient (Wildman–Crippen LogP) is 13.9. The second-order valence-electron chi connectivity index (χ2n) is 15.5. The van der Waals surface area contributed by atoms with Gasteiger partial charge in [-0.1, -0.05) is 110 Å². The molecule has 0 aliphatic rings. The van der Waals surface area contributed by atoms with Gasteiger partial charge in [0.15, 0.2) is 5.78 Å². The Hall–Kier alpha value is -3.57. The minimum Gasteiger partial charge on any atom is -0.512 e. The molecule has 0 amide bonds. The number of aliphatic hydroxyl groups is 1. The molecule has 1 radical (unpaired) electrons. The quantitative estimate of drug-likeness (QED) is 0.0892. The number of furan rings is 1. The normalized spacial score (nSPS) is 12.6. The number of allylic oxidation sites excluding steroid dienone is 2. The summed E-state index contributed by atoms with van der Waals surface area (Å²) >= 11 is 1.78. The van der Waals surface area contributed by atoms with Gasteiger partial charge < -0.3 is 9.52 Å². The number of benzene rings is 3. The standard InChI is InChI=1S/C31H26NOS.C15H28O2.Ir/c1-18-22-11-8-9-13-25(22)33-29(18)30-19(2)27-26(34-30)14-15-32-28(27)21-16-20-10-6-7-12-23(20)24(17-21)31(3,4)5;1-7-14(5,8-2)12(16)11-13(17)15(6,9-3)10-4;/h6-15,17H,1-5H3;11,16H,7-10H2,1-6H3;/q-1;;/b;12-11-;. The van der Waals surface area contributed by atoms with Crippen LogP contribution in [-0.2, 0) is 30.3 Å². The SMILES string of the molecule is CCC(C)(CC)C(=O)/C=C(\O)C(C)(CC)CC.Cc1c(-c2sc3ccnc(-c4[c-]c5ccccc5c(C(C)(C)C)c4)c3c2C)oc2ccccc12.[Ir]. The van der Waals surface area contributed by atoms with E-state index in [1.54, 1.807) is 11.3 Å².